The summed E-state index contributed by atoms with van der Waals surface area (Å²) in [5.74, 6) is 6.06. The third-order valence-electron chi connectivity index (χ3n) is 2.79. The fourth-order valence-electron chi connectivity index (χ4n) is 1.63. The van der Waals surface area contributed by atoms with Gasteiger partial charge in [0, 0.05) is 11.5 Å². The quantitative estimate of drug-likeness (QED) is 0.825. The lowest BCUT2D eigenvalue weighted by Crippen LogP contribution is -2.36. The number of carbonyl (C=O) groups excluding carboxylic acids is 1. The van der Waals surface area contributed by atoms with Crippen LogP contribution in [0.3, 0.4) is 0 Å². The highest BCUT2D eigenvalue weighted by Crippen LogP contribution is 2.32. The maximum atomic E-state index is 11.6. The summed E-state index contributed by atoms with van der Waals surface area (Å²) in [4.78, 5) is 11.6. The molecule has 0 spiro atoms. The summed E-state index contributed by atoms with van der Waals surface area (Å²) in [7, 11) is 0. The van der Waals surface area contributed by atoms with Gasteiger partial charge in [-0.15, -0.1) is 0 Å². The predicted octanol–water partition coefficient (Wildman–Crippen LogP) is 1.43. The monoisotopic (exact) mass is 270 g/mol. The molecule has 1 aliphatic rings. The molecule has 0 aromatic heterocycles. The predicted molar refractivity (Wildman–Crippen MR) is 71.8 cm³/mol. The van der Waals surface area contributed by atoms with Gasteiger partial charge >= 0.3 is 0 Å². The highest BCUT2D eigenvalue weighted by molar-refractivity contribution is 5.94. The van der Waals surface area contributed by atoms with Crippen LogP contribution in [0.2, 0.25) is 0 Å². The van der Waals surface area contributed by atoms with Crippen LogP contribution in [0, 0.1) is 29.1 Å². The largest absolute Gasteiger partial charge is 0.454 e. The van der Waals surface area contributed by atoms with E-state index >= 15 is 0 Å². The molecule has 0 saturated heterocycles. The first-order valence-corrected chi connectivity index (χ1v) is 6.22. The Morgan fingerprint density at radius 3 is 2.80 bits per heavy atom. The van der Waals surface area contributed by atoms with Crippen molar-refractivity contribution in [3.63, 3.8) is 0 Å². The molecule has 1 heterocycles. The maximum absolute atomic E-state index is 11.6. The minimum Gasteiger partial charge on any atom is -0.454 e. The lowest BCUT2D eigenvalue weighted by atomic mass is 10.1. The summed E-state index contributed by atoms with van der Waals surface area (Å²) in [5.41, 5.74) is 0.655. The van der Waals surface area contributed by atoms with Crippen molar-refractivity contribution in [2.45, 2.75) is 19.9 Å². The number of amides is 1. The van der Waals surface area contributed by atoms with Crippen LogP contribution in [0.25, 0.3) is 0 Å². The molecule has 102 valence electrons. The molecule has 5 heteroatoms. The van der Waals surface area contributed by atoms with Crippen molar-refractivity contribution >= 4 is 5.91 Å². The van der Waals surface area contributed by atoms with Crippen LogP contribution in [0.4, 0.5) is 0 Å². The van der Waals surface area contributed by atoms with E-state index in [1.54, 1.807) is 18.2 Å². The molecule has 1 amide bonds. The van der Waals surface area contributed by atoms with Crippen LogP contribution in [0.5, 0.6) is 11.5 Å². The standard InChI is InChI=1S/C15H14N2O3/c1-10(2)12(8-16)17-15(18)6-4-11-3-5-13-14(7-11)20-9-19-13/h3,5,7,10,12H,9H2,1-2H3,(H,17,18)/t12-/m1/s1. The van der Waals surface area contributed by atoms with E-state index in [2.05, 4.69) is 17.2 Å². The van der Waals surface area contributed by atoms with Crippen molar-refractivity contribution in [2.75, 3.05) is 6.79 Å². The normalized spacial score (nSPS) is 13.1. The molecule has 1 aliphatic heterocycles. The van der Waals surface area contributed by atoms with E-state index in [1.807, 2.05) is 19.9 Å². The highest BCUT2D eigenvalue weighted by atomic mass is 16.7. The lowest BCUT2D eigenvalue weighted by Gasteiger charge is -2.12. The summed E-state index contributed by atoms with van der Waals surface area (Å²) in [6, 6.07) is 6.70. The topological polar surface area (TPSA) is 71.4 Å². The zero-order chi connectivity index (χ0) is 14.5. The smallest absolute Gasteiger partial charge is 0.297 e. The van der Waals surface area contributed by atoms with E-state index in [4.69, 9.17) is 14.7 Å². The van der Waals surface area contributed by atoms with Crippen molar-refractivity contribution in [3.8, 4) is 29.4 Å². The highest BCUT2D eigenvalue weighted by Gasteiger charge is 2.14. The maximum Gasteiger partial charge on any atom is 0.297 e. The van der Waals surface area contributed by atoms with E-state index < -0.39 is 11.9 Å². The molecule has 0 radical (unpaired) electrons. The van der Waals surface area contributed by atoms with Crippen LogP contribution in [0.15, 0.2) is 18.2 Å². The first kappa shape index (κ1) is 13.8. The lowest BCUT2D eigenvalue weighted by molar-refractivity contribution is -0.116. The Bertz CT molecular complexity index is 620. The summed E-state index contributed by atoms with van der Waals surface area (Å²) >= 11 is 0. The van der Waals surface area contributed by atoms with Gasteiger partial charge in [-0.2, -0.15) is 5.26 Å². The van der Waals surface area contributed by atoms with Crippen molar-refractivity contribution in [1.29, 1.82) is 5.26 Å². The van der Waals surface area contributed by atoms with Gasteiger partial charge in [0.15, 0.2) is 11.5 Å². The third kappa shape index (κ3) is 3.21. The van der Waals surface area contributed by atoms with Crippen molar-refractivity contribution in [3.05, 3.63) is 23.8 Å². The third-order valence-corrected chi connectivity index (χ3v) is 2.79. The molecule has 2 rings (SSSR count). The molecular weight excluding hydrogens is 256 g/mol. The van der Waals surface area contributed by atoms with Gasteiger partial charge in [-0.1, -0.05) is 19.8 Å². The van der Waals surface area contributed by atoms with E-state index in [1.165, 1.54) is 0 Å². The van der Waals surface area contributed by atoms with E-state index in [0.717, 1.165) is 0 Å². The molecule has 1 aromatic carbocycles. The van der Waals surface area contributed by atoms with Gasteiger partial charge in [-0.3, -0.25) is 4.79 Å². The van der Waals surface area contributed by atoms with Gasteiger partial charge in [-0.25, -0.2) is 0 Å². The number of rotatable bonds is 2. The number of carbonyl (C=O) groups is 1. The second-order valence-corrected chi connectivity index (χ2v) is 4.64. The van der Waals surface area contributed by atoms with Crippen LogP contribution < -0.4 is 14.8 Å². The average Bonchev–Trinajstić information content (AvgIpc) is 2.89. The molecule has 20 heavy (non-hydrogen) atoms. The van der Waals surface area contributed by atoms with Crippen molar-refractivity contribution in [2.24, 2.45) is 5.92 Å². The Balaban J connectivity index is 2.04. The molecule has 1 atom stereocenters. The Labute approximate surface area is 117 Å². The summed E-state index contributed by atoms with van der Waals surface area (Å²) in [6.07, 6.45) is 0. The first-order valence-electron chi connectivity index (χ1n) is 6.22. The number of nitrogens with zero attached hydrogens (tertiary/aromatic N) is 1. The fourth-order valence-corrected chi connectivity index (χ4v) is 1.63. The van der Waals surface area contributed by atoms with Crippen LogP contribution in [-0.2, 0) is 4.79 Å². The van der Waals surface area contributed by atoms with Crippen LogP contribution >= 0.6 is 0 Å². The zero-order valence-corrected chi connectivity index (χ0v) is 11.3. The second-order valence-electron chi connectivity index (χ2n) is 4.64. The molecule has 0 bridgehead atoms. The molecule has 0 aliphatic carbocycles. The fraction of sp³-hybridized carbons (Fsp3) is 0.333. The van der Waals surface area contributed by atoms with Gasteiger partial charge in [0.1, 0.15) is 6.04 Å². The molecule has 1 N–H and O–H groups in total. The van der Waals surface area contributed by atoms with Gasteiger partial charge in [-0.05, 0) is 24.1 Å². The van der Waals surface area contributed by atoms with Crippen molar-refractivity contribution in [1.82, 2.24) is 5.32 Å². The number of benzene rings is 1. The van der Waals surface area contributed by atoms with Gasteiger partial charge in [0.2, 0.25) is 6.79 Å². The number of hydrogen-bond acceptors (Lipinski definition) is 4. The molecular formula is C15H14N2O3. The first-order chi connectivity index (χ1) is 9.60. The Hall–Kier alpha value is -2.66. The van der Waals surface area contributed by atoms with Crippen LogP contribution in [-0.4, -0.2) is 18.7 Å². The number of fused-ring (bicyclic) bond motifs is 1. The summed E-state index contributed by atoms with van der Waals surface area (Å²) in [6.45, 7) is 3.92. The van der Waals surface area contributed by atoms with Crippen LogP contribution in [0.1, 0.15) is 19.4 Å². The number of hydrogen-bond donors (Lipinski definition) is 1. The van der Waals surface area contributed by atoms with Gasteiger partial charge in [0.05, 0.1) is 6.07 Å². The van der Waals surface area contributed by atoms with Gasteiger partial charge in [0.25, 0.3) is 5.91 Å². The number of ether oxygens (including phenoxy) is 2. The molecule has 0 fully saturated rings. The van der Waals surface area contributed by atoms with Crippen molar-refractivity contribution < 1.29 is 14.3 Å². The molecule has 0 saturated carbocycles. The summed E-state index contributed by atoms with van der Waals surface area (Å²) in [5, 5.41) is 11.5. The number of nitrogens with one attached hydrogen (secondary N) is 1. The summed E-state index contributed by atoms with van der Waals surface area (Å²) < 4.78 is 10.4. The minimum absolute atomic E-state index is 0.0382. The van der Waals surface area contributed by atoms with E-state index in [-0.39, 0.29) is 12.7 Å². The SMILES string of the molecule is CC(C)[C@@H](C#N)NC(=O)C#Cc1ccc2c(c1)OCO2. The number of nitriles is 1. The van der Waals surface area contributed by atoms with E-state index in [0.29, 0.717) is 17.1 Å². The Morgan fingerprint density at radius 2 is 2.10 bits per heavy atom. The molecule has 5 nitrogen and oxygen atoms in total. The molecule has 1 aromatic rings. The Morgan fingerprint density at radius 1 is 1.35 bits per heavy atom. The second kappa shape index (κ2) is 5.99. The molecule has 0 unspecified atom stereocenters. The zero-order valence-electron chi connectivity index (χ0n) is 11.3. The Kier molecular flexibility index (Phi) is 4.12. The minimum atomic E-state index is -0.534. The van der Waals surface area contributed by atoms with E-state index in [9.17, 15) is 4.79 Å². The average molecular weight is 270 g/mol. The van der Waals surface area contributed by atoms with Gasteiger partial charge < -0.3 is 14.8 Å².